The molecule has 2 saturated carbocycles. The van der Waals surface area contributed by atoms with Gasteiger partial charge in [-0.2, -0.15) is 0 Å². The minimum atomic E-state index is 0.536. The van der Waals surface area contributed by atoms with Crippen LogP contribution in [0, 0.1) is 0 Å². The van der Waals surface area contributed by atoms with Crippen LogP contribution in [0.1, 0.15) is 103 Å². The third-order valence-electron chi connectivity index (χ3n) is 5.44. The van der Waals surface area contributed by atoms with Gasteiger partial charge in [-0.3, -0.25) is 0 Å². The first-order valence-electron chi connectivity index (χ1n) is 9.12. The molecular weight excluding hydrogens is 230 g/mol. The fraction of sp³-hybridized carbons (Fsp3) is 1.00. The molecule has 0 aromatic rings. The van der Waals surface area contributed by atoms with Gasteiger partial charge in [-0.05, 0) is 32.1 Å². The summed E-state index contributed by atoms with van der Waals surface area (Å²) in [6.07, 6.45) is 21.7. The molecule has 0 aromatic carbocycles. The zero-order valence-corrected chi connectivity index (χ0v) is 13.2. The Bertz CT molecular complexity index is 224. The molecule has 0 spiro atoms. The van der Waals surface area contributed by atoms with Crippen molar-refractivity contribution < 1.29 is 0 Å². The van der Waals surface area contributed by atoms with Crippen LogP contribution < -0.4 is 5.32 Å². The van der Waals surface area contributed by atoms with Crippen LogP contribution in [0.15, 0.2) is 0 Å². The summed E-state index contributed by atoms with van der Waals surface area (Å²) in [4.78, 5) is 0. The molecule has 112 valence electrons. The molecule has 19 heavy (non-hydrogen) atoms. The molecule has 1 N–H and O–H groups in total. The summed E-state index contributed by atoms with van der Waals surface area (Å²) in [6, 6.07) is 0.845. The highest BCUT2D eigenvalue weighted by molar-refractivity contribution is 4.93. The number of nitrogens with one attached hydrogen (secondary N) is 1. The average Bonchev–Trinajstić information content (AvgIpc) is 2.46. The summed E-state index contributed by atoms with van der Waals surface area (Å²) in [6.45, 7) is 2.32. The Kier molecular flexibility index (Phi) is 6.70. The Morgan fingerprint density at radius 2 is 1.53 bits per heavy atom. The highest BCUT2D eigenvalue weighted by atomic mass is 15.0. The van der Waals surface area contributed by atoms with Crippen molar-refractivity contribution >= 4 is 0 Å². The maximum absolute atomic E-state index is 4.15. The van der Waals surface area contributed by atoms with Crippen LogP contribution in [0.2, 0.25) is 0 Å². The van der Waals surface area contributed by atoms with E-state index in [0.717, 1.165) is 6.04 Å². The van der Waals surface area contributed by atoms with Gasteiger partial charge < -0.3 is 5.32 Å². The molecule has 2 aliphatic rings. The predicted molar refractivity (Wildman–Crippen MR) is 84.6 cm³/mol. The van der Waals surface area contributed by atoms with Gasteiger partial charge in [0.1, 0.15) is 0 Å². The van der Waals surface area contributed by atoms with Crippen molar-refractivity contribution in [2.45, 2.75) is 115 Å². The monoisotopic (exact) mass is 265 g/mol. The zero-order chi connectivity index (χ0) is 13.4. The van der Waals surface area contributed by atoms with Crippen molar-refractivity contribution in [1.82, 2.24) is 5.32 Å². The summed E-state index contributed by atoms with van der Waals surface area (Å²) in [5, 5.41) is 4.15. The van der Waals surface area contributed by atoms with Crippen LogP contribution in [0.5, 0.6) is 0 Å². The van der Waals surface area contributed by atoms with Crippen LogP contribution in [-0.2, 0) is 0 Å². The van der Waals surface area contributed by atoms with E-state index in [1.807, 2.05) is 0 Å². The quantitative estimate of drug-likeness (QED) is 0.592. The van der Waals surface area contributed by atoms with Crippen LogP contribution in [-0.4, -0.2) is 11.6 Å². The standard InChI is InChI=1S/C18H35N/c1-2-3-4-9-14-18(15-10-6-11-16-18)19-17-12-7-5-8-13-17/h17,19H,2-16H2,1H3. The number of unbranched alkanes of at least 4 members (excludes halogenated alkanes) is 3. The van der Waals surface area contributed by atoms with E-state index < -0.39 is 0 Å². The molecule has 2 rings (SSSR count). The molecule has 1 heteroatoms. The fourth-order valence-corrected chi connectivity index (χ4v) is 4.27. The lowest BCUT2D eigenvalue weighted by atomic mass is 9.76. The maximum atomic E-state index is 4.15. The first-order chi connectivity index (χ1) is 9.35. The first kappa shape index (κ1) is 15.4. The molecule has 0 aliphatic heterocycles. The van der Waals surface area contributed by atoms with E-state index in [9.17, 15) is 0 Å². The molecule has 2 fully saturated rings. The fourth-order valence-electron chi connectivity index (χ4n) is 4.27. The van der Waals surface area contributed by atoms with Gasteiger partial charge in [-0.1, -0.05) is 71.1 Å². The number of rotatable bonds is 7. The third kappa shape index (κ3) is 5.10. The highest BCUT2D eigenvalue weighted by Gasteiger charge is 2.33. The topological polar surface area (TPSA) is 12.0 Å². The van der Waals surface area contributed by atoms with Crippen molar-refractivity contribution in [1.29, 1.82) is 0 Å². The van der Waals surface area contributed by atoms with E-state index >= 15 is 0 Å². The normalized spacial score (nSPS) is 24.5. The summed E-state index contributed by atoms with van der Waals surface area (Å²) in [5.74, 6) is 0. The van der Waals surface area contributed by atoms with Gasteiger partial charge in [0.25, 0.3) is 0 Å². The molecule has 0 amide bonds. The summed E-state index contributed by atoms with van der Waals surface area (Å²) in [7, 11) is 0. The lowest BCUT2D eigenvalue weighted by molar-refractivity contribution is 0.171. The Morgan fingerprint density at radius 3 is 2.21 bits per heavy atom. The molecule has 2 aliphatic carbocycles. The van der Waals surface area contributed by atoms with Crippen molar-refractivity contribution in [3.63, 3.8) is 0 Å². The molecule has 0 saturated heterocycles. The lowest BCUT2D eigenvalue weighted by Gasteiger charge is -2.42. The third-order valence-corrected chi connectivity index (χ3v) is 5.44. The summed E-state index contributed by atoms with van der Waals surface area (Å²) < 4.78 is 0. The zero-order valence-electron chi connectivity index (χ0n) is 13.2. The minimum Gasteiger partial charge on any atom is -0.308 e. The van der Waals surface area contributed by atoms with Crippen molar-refractivity contribution in [3.05, 3.63) is 0 Å². The molecule has 1 nitrogen and oxygen atoms in total. The molecule has 0 bridgehead atoms. The highest BCUT2D eigenvalue weighted by Crippen LogP contribution is 2.34. The number of hydrogen-bond acceptors (Lipinski definition) is 1. The van der Waals surface area contributed by atoms with Crippen LogP contribution in [0.4, 0.5) is 0 Å². The van der Waals surface area contributed by atoms with Gasteiger partial charge in [0, 0.05) is 11.6 Å². The van der Waals surface area contributed by atoms with Crippen molar-refractivity contribution in [2.24, 2.45) is 0 Å². The molecule has 0 atom stereocenters. The van der Waals surface area contributed by atoms with E-state index in [1.165, 1.54) is 96.3 Å². The summed E-state index contributed by atoms with van der Waals surface area (Å²) >= 11 is 0. The maximum Gasteiger partial charge on any atom is 0.0184 e. The van der Waals surface area contributed by atoms with Crippen molar-refractivity contribution in [3.8, 4) is 0 Å². The van der Waals surface area contributed by atoms with Gasteiger partial charge in [-0.25, -0.2) is 0 Å². The lowest BCUT2D eigenvalue weighted by Crippen LogP contribution is -2.52. The smallest absolute Gasteiger partial charge is 0.0184 e. The molecule has 0 unspecified atom stereocenters. The SMILES string of the molecule is CCCCCCC1(NC2CCCCC2)CCCCC1. The van der Waals surface area contributed by atoms with Gasteiger partial charge in [-0.15, -0.1) is 0 Å². The van der Waals surface area contributed by atoms with Gasteiger partial charge >= 0.3 is 0 Å². The number of hydrogen-bond donors (Lipinski definition) is 1. The van der Waals surface area contributed by atoms with E-state index in [4.69, 9.17) is 0 Å². The van der Waals surface area contributed by atoms with Crippen LogP contribution in [0.25, 0.3) is 0 Å². The average molecular weight is 265 g/mol. The van der Waals surface area contributed by atoms with E-state index in [1.54, 1.807) is 0 Å². The van der Waals surface area contributed by atoms with Crippen LogP contribution in [0.3, 0.4) is 0 Å². The van der Waals surface area contributed by atoms with Crippen LogP contribution >= 0.6 is 0 Å². The Hall–Kier alpha value is -0.0400. The van der Waals surface area contributed by atoms with Gasteiger partial charge in [0.05, 0.1) is 0 Å². The second-order valence-corrected chi connectivity index (χ2v) is 7.13. The predicted octanol–water partition coefficient (Wildman–Crippen LogP) is 5.58. The molecular formula is C18H35N. The Morgan fingerprint density at radius 1 is 0.842 bits per heavy atom. The van der Waals surface area contributed by atoms with Gasteiger partial charge in [0.15, 0.2) is 0 Å². The molecule has 0 heterocycles. The van der Waals surface area contributed by atoms with E-state index in [2.05, 4.69) is 12.2 Å². The molecule has 0 aromatic heterocycles. The van der Waals surface area contributed by atoms with E-state index in [-0.39, 0.29) is 0 Å². The molecule has 0 radical (unpaired) electrons. The van der Waals surface area contributed by atoms with Crippen molar-refractivity contribution in [2.75, 3.05) is 0 Å². The second kappa shape index (κ2) is 8.29. The first-order valence-corrected chi connectivity index (χ1v) is 9.12. The second-order valence-electron chi connectivity index (χ2n) is 7.13. The van der Waals surface area contributed by atoms with E-state index in [0.29, 0.717) is 5.54 Å². The van der Waals surface area contributed by atoms with Gasteiger partial charge in [0.2, 0.25) is 0 Å². The summed E-state index contributed by atoms with van der Waals surface area (Å²) in [5.41, 5.74) is 0.536. The Labute approximate surface area is 120 Å². The minimum absolute atomic E-state index is 0.536. The Balaban J connectivity index is 1.82. The largest absolute Gasteiger partial charge is 0.308 e.